The quantitative estimate of drug-likeness (QED) is 0.710. The number of rotatable bonds is 5. The van der Waals surface area contributed by atoms with Crippen LogP contribution in [0.5, 0.6) is 0 Å². The van der Waals surface area contributed by atoms with Gasteiger partial charge in [0.05, 0.1) is 0 Å². The predicted octanol–water partition coefficient (Wildman–Crippen LogP) is -0.0310. The summed E-state index contributed by atoms with van der Waals surface area (Å²) in [5.41, 5.74) is 0. The zero-order valence-electron chi connectivity index (χ0n) is 11.0. The van der Waals surface area contributed by atoms with Crippen LogP contribution in [0.4, 0.5) is 0 Å². The highest BCUT2D eigenvalue weighted by atomic mass is 16.2. The van der Waals surface area contributed by atoms with Crippen molar-refractivity contribution in [3.8, 4) is 0 Å². The second kappa shape index (κ2) is 6.59. The zero-order chi connectivity index (χ0) is 12.8. The van der Waals surface area contributed by atoms with Crippen LogP contribution in [-0.2, 0) is 9.59 Å². The van der Waals surface area contributed by atoms with E-state index in [1.165, 1.54) is 0 Å². The Morgan fingerprint density at radius 3 is 2.88 bits per heavy atom. The molecule has 2 N–H and O–H groups in total. The van der Waals surface area contributed by atoms with Crippen molar-refractivity contribution < 1.29 is 9.59 Å². The molecule has 0 aliphatic carbocycles. The lowest BCUT2D eigenvalue weighted by molar-refractivity contribution is -0.139. The smallest absolute Gasteiger partial charge is 0.223 e. The molecule has 1 unspecified atom stereocenters. The van der Waals surface area contributed by atoms with Crippen molar-refractivity contribution in [1.29, 1.82) is 0 Å². The molecule has 5 heteroatoms. The van der Waals surface area contributed by atoms with Crippen LogP contribution in [0.25, 0.3) is 0 Å². The molecule has 0 radical (unpaired) electrons. The Morgan fingerprint density at radius 2 is 2.29 bits per heavy atom. The first kappa shape index (κ1) is 14.0. The van der Waals surface area contributed by atoms with Gasteiger partial charge in [0.15, 0.2) is 0 Å². The van der Waals surface area contributed by atoms with Crippen LogP contribution in [0.3, 0.4) is 0 Å². The van der Waals surface area contributed by atoms with Crippen molar-refractivity contribution in [3.05, 3.63) is 0 Å². The molecule has 1 fully saturated rings. The molecule has 0 aromatic carbocycles. The number of piperidine rings is 1. The predicted molar refractivity (Wildman–Crippen MR) is 66.5 cm³/mol. The normalized spacial score (nSPS) is 22.4. The van der Waals surface area contributed by atoms with Gasteiger partial charge in [0.1, 0.15) is 0 Å². The highest BCUT2D eigenvalue weighted by Gasteiger charge is 2.28. The van der Waals surface area contributed by atoms with E-state index < -0.39 is 0 Å². The molecule has 0 bridgehead atoms. The first-order valence-corrected chi connectivity index (χ1v) is 6.29. The molecule has 0 saturated carbocycles. The average molecular weight is 241 g/mol. The highest BCUT2D eigenvalue weighted by molar-refractivity contribution is 5.86. The fourth-order valence-electron chi connectivity index (χ4n) is 1.99. The average Bonchev–Trinajstić information content (AvgIpc) is 2.30. The van der Waals surface area contributed by atoms with E-state index in [0.29, 0.717) is 19.5 Å². The van der Waals surface area contributed by atoms with Crippen molar-refractivity contribution in [1.82, 2.24) is 15.5 Å². The molecular weight excluding hydrogens is 218 g/mol. The largest absolute Gasteiger partial charge is 0.354 e. The van der Waals surface area contributed by atoms with Gasteiger partial charge in [0, 0.05) is 38.5 Å². The van der Waals surface area contributed by atoms with Crippen molar-refractivity contribution >= 4 is 11.8 Å². The number of likely N-dealkylation sites (tertiary alicyclic amines) is 1. The Morgan fingerprint density at radius 1 is 1.59 bits per heavy atom. The first-order valence-electron chi connectivity index (χ1n) is 6.29. The number of nitrogens with zero attached hydrogens (tertiary/aromatic N) is 1. The highest BCUT2D eigenvalue weighted by Crippen LogP contribution is 2.16. The van der Waals surface area contributed by atoms with Crippen LogP contribution in [0.1, 0.15) is 26.7 Å². The summed E-state index contributed by atoms with van der Waals surface area (Å²) >= 11 is 0. The molecule has 2 amide bonds. The van der Waals surface area contributed by atoms with Crippen molar-refractivity contribution in [3.63, 3.8) is 0 Å². The van der Waals surface area contributed by atoms with Crippen LogP contribution in [0.2, 0.25) is 0 Å². The van der Waals surface area contributed by atoms with Gasteiger partial charge in [0.25, 0.3) is 0 Å². The summed E-state index contributed by atoms with van der Waals surface area (Å²) < 4.78 is 0. The van der Waals surface area contributed by atoms with Crippen LogP contribution >= 0.6 is 0 Å². The van der Waals surface area contributed by atoms with Gasteiger partial charge in [-0.3, -0.25) is 9.59 Å². The number of carbonyl (C=O) groups excluding carboxylic acids is 2. The molecule has 1 aliphatic rings. The van der Waals surface area contributed by atoms with Gasteiger partial charge < -0.3 is 15.5 Å². The summed E-state index contributed by atoms with van der Waals surface area (Å²) in [6.07, 6.45) is 1.11. The summed E-state index contributed by atoms with van der Waals surface area (Å²) in [5, 5.41) is 6.13. The maximum absolute atomic E-state index is 11.8. The molecule has 1 rings (SSSR count). The number of amides is 2. The van der Waals surface area contributed by atoms with E-state index in [9.17, 15) is 9.59 Å². The van der Waals surface area contributed by atoms with Gasteiger partial charge in [0.2, 0.25) is 11.8 Å². The number of hydrogen-bond acceptors (Lipinski definition) is 3. The first-order chi connectivity index (χ1) is 8.04. The minimum Gasteiger partial charge on any atom is -0.354 e. The lowest BCUT2D eigenvalue weighted by atomic mass is 9.95. The fraction of sp³-hybridized carbons (Fsp3) is 0.833. The second-order valence-electron chi connectivity index (χ2n) is 4.71. The molecular formula is C12H23N3O2. The Bertz CT molecular complexity index is 281. The van der Waals surface area contributed by atoms with E-state index >= 15 is 0 Å². The van der Waals surface area contributed by atoms with E-state index in [2.05, 4.69) is 10.6 Å². The summed E-state index contributed by atoms with van der Waals surface area (Å²) in [5.74, 6) is -0.0696. The SMILES string of the molecule is CCN[C@H](C)CNC(=O)C1CCN(C)C(=O)C1. The molecule has 17 heavy (non-hydrogen) atoms. The monoisotopic (exact) mass is 241 g/mol. The summed E-state index contributed by atoms with van der Waals surface area (Å²) in [7, 11) is 1.78. The fourth-order valence-corrected chi connectivity index (χ4v) is 1.99. The zero-order valence-corrected chi connectivity index (χ0v) is 11.0. The molecule has 98 valence electrons. The van der Waals surface area contributed by atoms with Crippen molar-refractivity contribution in [2.75, 3.05) is 26.7 Å². The third-order valence-corrected chi connectivity index (χ3v) is 3.17. The lowest BCUT2D eigenvalue weighted by Crippen LogP contribution is -2.45. The Balaban J connectivity index is 2.31. The number of carbonyl (C=O) groups is 2. The van der Waals surface area contributed by atoms with E-state index in [-0.39, 0.29) is 23.8 Å². The topological polar surface area (TPSA) is 61.4 Å². The molecule has 2 atom stereocenters. The van der Waals surface area contributed by atoms with Crippen molar-refractivity contribution in [2.45, 2.75) is 32.7 Å². The van der Waals surface area contributed by atoms with Gasteiger partial charge >= 0.3 is 0 Å². The van der Waals surface area contributed by atoms with Gasteiger partial charge in [-0.05, 0) is 19.9 Å². The van der Waals surface area contributed by atoms with Crippen LogP contribution in [-0.4, -0.2) is 49.4 Å². The Hall–Kier alpha value is -1.10. The van der Waals surface area contributed by atoms with Crippen LogP contribution < -0.4 is 10.6 Å². The molecule has 5 nitrogen and oxygen atoms in total. The Kier molecular flexibility index (Phi) is 5.41. The number of nitrogens with one attached hydrogen (secondary N) is 2. The standard InChI is InChI=1S/C12H23N3O2/c1-4-13-9(2)8-14-12(17)10-5-6-15(3)11(16)7-10/h9-10,13H,4-8H2,1-3H3,(H,14,17)/t9-,10?/m1/s1. The van der Waals surface area contributed by atoms with Crippen LogP contribution in [0, 0.1) is 5.92 Å². The summed E-state index contributed by atoms with van der Waals surface area (Å²) in [6, 6.07) is 0.269. The van der Waals surface area contributed by atoms with Crippen molar-refractivity contribution in [2.24, 2.45) is 5.92 Å². The third-order valence-electron chi connectivity index (χ3n) is 3.17. The molecule has 1 heterocycles. The van der Waals surface area contributed by atoms with E-state index in [4.69, 9.17) is 0 Å². The van der Waals surface area contributed by atoms with E-state index in [0.717, 1.165) is 13.0 Å². The molecule has 1 aliphatic heterocycles. The molecule has 1 saturated heterocycles. The maximum Gasteiger partial charge on any atom is 0.223 e. The third kappa shape index (κ3) is 4.34. The van der Waals surface area contributed by atoms with Gasteiger partial charge in [-0.15, -0.1) is 0 Å². The Labute approximate surface area is 103 Å². The maximum atomic E-state index is 11.8. The van der Waals surface area contributed by atoms with Gasteiger partial charge in [-0.1, -0.05) is 6.92 Å². The van der Waals surface area contributed by atoms with E-state index in [1.54, 1.807) is 11.9 Å². The van der Waals surface area contributed by atoms with Crippen LogP contribution in [0.15, 0.2) is 0 Å². The van der Waals surface area contributed by atoms with E-state index in [1.807, 2.05) is 13.8 Å². The van der Waals surface area contributed by atoms with Gasteiger partial charge in [-0.25, -0.2) is 0 Å². The summed E-state index contributed by atoms with van der Waals surface area (Å²) in [6.45, 7) is 6.26. The second-order valence-corrected chi connectivity index (χ2v) is 4.71. The minimum atomic E-state index is -0.146. The minimum absolute atomic E-state index is 0.0104. The number of hydrogen-bond donors (Lipinski definition) is 2. The summed E-state index contributed by atoms with van der Waals surface area (Å²) in [4.78, 5) is 25.0. The molecule has 0 aromatic rings. The molecule has 0 aromatic heterocycles. The van der Waals surface area contributed by atoms with Gasteiger partial charge in [-0.2, -0.15) is 0 Å². The molecule has 0 spiro atoms. The lowest BCUT2D eigenvalue weighted by Gasteiger charge is -2.28. The number of likely N-dealkylation sites (N-methyl/N-ethyl adjacent to an activating group) is 1.